The number of pyridine rings is 1. The summed E-state index contributed by atoms with van der Waals surface area (Å²) in [5.74, 6) is 2.43. The van der Waals surface area contributed by atoms with Crippen LogP contribution in [0.2, 0.25) is 0 Å². The molecule has 0 aliphatic heterocycles. The molecular weight excluding hydrogens is 242 g/mol. The molecule has 2 aromatic rings. The fraction of sp³-hybridized carbons (Fsp3) is 0.385. The SMILES string of the molecule is COc1ccc(Cc2nc(N)nc(C(C)C)n2)cn1. The number of nitrogens with zero attached hydrogens (tertiary/aromatic N) is 4. The Labute approximate surface area is 112 Å². The zero-order valence-corrected chi connectivity index (χ0v) is 11.3. The molecule has 2 aromatic heterocycles. The Morgan fingerprint density at radius 2 is 2.00 bits per heavy atom. The molecule has 19 heavy (non-hydrogen) atoms. The van der Waals surface area contributed by atoms with Crippen molar-refractivity contribution in [1.82, 2.24) is 19.9 Å². The Bertz CT molecular complexity index is 553. The van der Waals surface area contributed by atoms with Crippen LogP contribution in [0.5, 0.6) is 5.88 Å². The molecule has 0 spiro atoms. The lowest BCUT2D eigenvalue weighted by Crippen LogP contribution is -2.09. The fourth-order valence-corrected chi connectivity index (χ4v) is 1.61. The van der Waals surface area contributed by atoms with Crippen LogP contribution >= 0.6 is 0 Å². The molecule has 2 rings (SSSR count). The third kappa shape index (κ3) is 3.37. The summed E-state index contributed by atoms with van der Waals surface area (Å²) in [7, 11) is 1.59. The molecule has 0 saturated carbocycles. The van der Waals surface area contributed by atoms with E-state index in [-0.39, 0.29) is 11.9 Å². The minimum absolute atomic E-state index is 0.220. The summed E-state index contributed by atoms with van der Waals surface area (Å²) in [6.07, 6.45) is 2.32. The largest absolute Gasteiger partial charge is 0.481 e. The van der Waals surface area contributed by atoms with Crippen molar-refractivity contribution in [2.45, 2.75) is 26.2 Å². The molecule has 0 bridgehead atoms. The zero-order valence-electron chi connectivity index (χ0n) is 11.3. The van der Waals surface area contributed by atoms with E-state index in [9.17, 15) is 0 Å². The molecular formula is C13H17N5O. The number of nitrogen functional groups attached to an aromatic ring is 1. The standard InChI is InChI=1S/C13H17N5O/c1-8(2)12-16-10(17-13(14)18-12)6-9-4-5-11(19-3)15-7-9/h4-5,7-8H,6H2,1-3H3,(H2,14,16,17,18). The van der Waals surface area contributed by atoms with Crippen molar-refractivity contribution in [2.24, 2.45) is 0 Å². The van der Waals surface area contributed by atoms with Gasteiger partial charge in [0, 0.05) is 24.6 Å². The van der Waals surface area contributed by atoms with Crippen molar-refractivity contribution in [3.8, 4) is 5.88 Å². The monoisotopic (exact) mass is 259 g/mol. The van der Waals surface area contributed by atoms with E-state index >= 15 is 0 Å². The van der Waals surface area contributed by atoms with Crippen molar-refractivity contribution >= 4 is 5.95 Å². The van der Waals surface area contributed by atoms with Gasteiger partial charge < -0.3 is 10.5 Å². The van der Waals surface area contributed by atoms with Gasteiger partial charge in [-0.05, 0) is 5.56 Å². The number of aromatic nitrogens is 4. The maximum absolute atomic E-state index is 5.70. The molecule has 0 fully saturated rings. The lowest BCUT2D eigenvalue weighted by atomic mass is 10.2. The summed E-state index contributed by atoms with van der Waals surface area (Å²) in [4.78, 5) is 16.8. The first-order valence-electron chi connectivity index (χ1n) is 6.07. The molecule has 0 atom stereocenters. The average Bonchev–Trinajstić information content (AvgIpc) is 2.39. The van der Waals surface area contributed by atoms with E-state index < -0.39 is 0 Å². The van der Waals surface area contributed by atoms with E-state index in [0.717, 1.165) is 5.56 Å². The Balaban J connectivity index is 2.22. The van der Waals surface area contributed by atoms with Gasteiger partial charge in [-0.2, -0.15) is 9.97 Å². The Kier molecular flexibility index (Phi) is 3.89. The Morgan fingerprint density at radius 3 is 2.58 bits per heavy atom. The molecule has 0 unspecified atom stereocenters. The maximum atomic E-state index is 5.70. The van der Waals surface area contributed by atoms with Crippen LogP contribution in [0.15, 0.2) is 18.3 Å². The Hall–Kier alpha value is -2.24. The molecule has 0 aromatic carbocycles. The van der Waals surface area contributed by atoms with E-state index in [2.05, 4.69) is 19.9 Å². The zero-order chi connectivity index (χ0) is 13.8. The van der Waals surface area contributed by atoms with Crippen LogP contribution in [0.4, 0.5) is 5.95 Å². The predicted molar refractivity (Wildman–Crippen MR) is 71.9 cm³/mol. The predicted octanol–water partition coefficient (Wildman–Crippen LogP) is 1.57. The van der Waals surface area contributed by atoms with Gasteiger partial charge in [0.15, 0.2) is 0 Å². The van der Waals surface area contributed by atoms with E-state index in [1.165, 1.54) is 0 Å². The van der Waals surface area contributed by atoms with Gasteiger partial charge >= 0.3 is 0 Å². The second kappa shape index (κ2) is 5.60. The number of hydrogen-bond acceptors (Lipinski definition) is 6. The summed E-state index contributed by atoms with van der Waals surface area (Å²) in [6, 6.07) is 3.74. The van der Waals surface area contributed by atoms with Gasteiger partial charge in [-0.3, -0.25) is 0 Å². The number of methoxy groups -OCH3 is 1. The van der Waals surface area contributed by atoms with Crippen molar-refractivity contribution in [2.75, 3.05) is 12.8 Å². The number of anilines is 1. The summed E-state index contributed by atoms with van der Waals surface area (Å²) in [5.41, 5.74) is 6.70. The smallest absolute Gasteiger partial charge is 0.223 e. The number of ether oxygens (including phenoxy) is 1. The first-order valence-corrected chi connectivity index (χ1v) is 6.07. The van der Waals surface area contributed by atoms with E-state index in [1.807, 2.05) is 26.0 Å². The van der Waals surface area contributed by atoms with E-state index in [1.54, 1.807) is 13.3 Å². The summed E-state index contributed by atoms with van der Waals surface area (Å²) in [6.45, 7) is 4.04. The third-order valence-corrected chi connectivity index (χ3v) is 2.60. The normalized spacial score (nSPS) is 10.7. The number of rotatable bonds is 4. The average molecular weight is 259 g/mol. The second-order valence-corrected chi connectivity index (χ2v) is 4.51. The minimum Gasteiger partial charge on any atom is -0.481 e. The molecule has 0 amide bonds. The van der Waals surface area contributed by atoms with Gasteiger partial charge in [-0.15, -0.1) is 0 Å². The molecule has 6 nitrogen and oxygen atoms in total. The fourth-order valence-electron chi connectivity index (χ4n) is 1.61. The quantitative estimate of drug-likeness (QED) is 0.896. The molecule has 6 heteroatoms. The number of nitrogens with two attached hydrogens (primary N) is 1. The minimum atomic E-state index is 0.220. The molecule has 0 aliphatic rings. The van der Waals surface area contributed by atoms with Gasteiger partial charge in [0.2, 0.25) is 11.8 Å². The molecule has 100 valence electrons. The second-order valence-electron chi connectivity index (χ2n) is 4.51. The molecule has 2 N–H and O–H groups in total. The first-order chi connectivity index (χ1) is 9.08. The maximum Gasteiger partial charge on any atom is 0.223 e. The van der Waals surface area contributed by atoms with Crippen molar-refractivity contribution < 1.29 is 4.74 Å². The Morgan fingerprint density at radius 1 is 1.21 bits per heavy atom. The van der Waals surface area contributed by atoms with Crippen molar-refractivity contribution in [3.63, 3.8) is 0 Å². The highest BCUT2D eigenvalue weighted by atomic mass is 16.5. The van der Waals surface area contributed by atoms with E-state index in [0.29, 0.717) is 23.9 Å². The topological polar surface area (TPSA) is 86.8 Å². The van der Waals surface area contributed by atoms with Gasteiger partial charge in [0.05, 0.1) is 7.11 Å². The highest BCUT2D eigenvalue weighted by Gasteiger charge is 2.08. The van der Waals surface area contributed by atoms with Crippen LogP contribution in [0, 0.1) is 0 Å². The van der Waals surface area contributed by atoms with Crippen molar-refractivity contribution in [3.05, 3.63) is 35.5 Å². The van der Waals surface area contributed by atoms with Gasteiger partial charge in [0.1, 0.15) is 11.6 Å². The van der Waals surface area contributed by atoms with Gasteiger partial charge in [-0.1, -0.05) is 19.9 Å². The van der Waals surface area contributed by atoms with Crippen LogP contribution < -0.4 is 10.5 Å². The van der Waals surface area contributed by atoms with Gasteiger partial charge in [-0.25, -0.2) is 9.97 Å². The van der Waals surface area contributed by atoms with E-state index in [4.69, 9.17) is 10.5 Å². The number of hydrogen-bond donors (Lipinski definition) is 1. The summed E-state index contributed by atoms with van der Waals surface area (Å²) >= 11 is 0. The summed E-state index contributed by atoms with van der Waals surface area (Å²) < 4.78 is 5.02. The lowest BCUT2D eigenvalue weighted by Gasteiger charge is -2.07. The molecule has 2 heterocycles. The molecule has 0 radical (unpaired) electrons. The van der Waals surface area contributed by atoms with Crippen LogP contribution in [0.1, 0.15) is 37.0 Å². The summed E-state index contributed by atoms with van der Waals surface area (Å²) in [5, 5.41) is 0. The lowest BCUT2D eigenvalue weighted by molar-refractivity contribution is 0.397. The third-order valence-electron chi connectivity index (χ3n) is 2.60. The van der Waals surface area contributed by atoms with Crippen LogP contribution in [-0.2, 0) is 6.42 Å². The van der Waals surface area contributed by atoms with Crippen LogP contribution in [0.3, 0.4) is 0 Å². The molecule has 0 saturated heterocycles. The highest BCUT2D eigenvalue weighted by Crippen LogP contribution is 2.13. The van der Waals surface area contributed by atoms with Gasteiger partial charge in [0.25, 0.3) is 0 Å². The molecule has 0 aliphatic carbocycles. The van der Waals surface area contributed by atoms with Crippen LogP contribution in [-0.4, -0.2) is 27.0 Å². The van der Waals surface area contributed by atoms with Crippen LogP contribution in [0.25, 0.3) is 0 Å². The highest BCUT2D eigenvalue weighted by molar-refractivity contribution is 5.23. The first kappa shape index (κ1) is 13.2. The van der Waals surface area contributed by atoms with Crippen molar-refractivity contribution in [1.29, 1.82) is 0 Å².